The zero-order valence-electron chi connectivity index (χ0n) is 14.1. The van der Waals surface area contributed by atoms with Crippen LogP contribution in [0.3, 0.4) is 0 Å². The summed E-state index contributed by atoms with van der Waals surface area (Å²) in [4.78, 5) is 7.74. The predicted molar refractivity (Wildman–Crippen MR) is 95.5 cm³/mol. The molecule has 1 aliphatic carbocycles. The van der Waals surface area contributed by atoms with Gasteiger partial charge in [0.15, 0.2) is 5.69 Å². The molecule has 1 saturated carbocycles. The molecule has 140 valence electrons. The maximum atomic E-state index is 13.4. The van der Waals surface area contributed by atoms with Crippen molar-refractivity contribution in [3.8, 4) is 0 Å². The van der Waals surface area contributed by atoms with Crippen LogP contribution in [0.15, 0.2) is 30.5 Å². The van der Waals surface area contributed by atoms with E-state index in [0.717, 1.165) is 25.7 Å². The van der Waals surface area contributed by atoms with Crippen LogP contribution in [0.1, 0.15) is 43.4 Å². The fraction of sp³-hybridized carbons (Fsp3) is 0.444. The molecule has 4 nitrogen and oxygen atoms in total. The number of anilines is 2. The van der Waals surface area contributed by atoms with Crippen molar-refractivity contribution in [3.63, 3.8) is 0 Å². The smallest absolute Gasteiger partial charge is 0.324 e. The van der Waals surface area contributed by atoms with Crippen LogP contribution < -0.4 is 10.6 Å². The average Bonchev–Trinajstić information content (AvgIpc) is 2.61. The summed E-state index contributed by atoms with van der Waals surface area (Å²) in [6.07, 6.45) is 2.10. The first kappa shape index (κ1) is 18.9. The summed E-state index contributed by atoms with van der Waals surface area (Å²) in [5, 5.41) is 6.44. The lowest BCUT2D eigenvalue weighted by atomic mass is 9.95. The number of nitrogens with zero attached hydrogens (tertiary/aromatic N) is 2. The maximum Gasteiger partial charge on any atom is 0.433 e. The Morgan fingerprint density at radius 3 is 2.62 bits per heavy atom. The van der Waals surface area contributed by atoms with Crippen LogP contribution in [0.25, 0.3) is 0 Å². The topological polar surface area (TPSA) is 49.8 Å². The van der Waals surface area contributed by atoms with Gasteiger partial charge in [0.1, 0.15) is 0 Å². The number of hydrogen-bond donors (Lipinski definition) is 2. The second-order valence-corrected chi connectivity index (χ2v) is 6.85. The zero-order valence-corrected chi connectivity index (χ0v) is 14.9. The molecule has 0 spiro atoms. The van der Waals surface area contributed by atoms with Crippen molar-refractivity contribution in [2.45, 2.75) is 50.9 Å². The van der Waals surface area contributed by atoms with E-state index in [9.17, 15) is 13.2 Å². The second-order valence-electron chi connectivity index (χ2n) is 6.42. The molecule has 0 amide bonds. The molecule has 0 atom stereocenters. The van der Waals surface area contributed by atoms with Gasteiger partial charge in [-0.15, -0.1) is 0 Å². The van der Waals surface area contributed by atoms with Crippen molar-refractivity contribution >= 4 is 23.2 Å². The highest BCUT2D eigenvalue weighted by Crippen LogP contribution is 2.31. The fourth-order valence-corrected chi connectivity index (χ4v) is 3.29. The minimum Gasteiger partial charge on any atom is -0.324 e. The molecule has 26 heavy (non-hydrogen) atoms. The van der Waals surface area contributed by atoms with E-state index in [0.29, 0.717) is 10.7 Å². The fourth-order valence-electron chi connectivity index (χ4n) is 3.10. The number of nitrogens with one attached hydrogen (secondary N) is 2. The molecule has 0 bridgehead atoms. The minimum absolute atomic E-state index is 0.0553. The summed E-state index contributed by atoms with van der Waals surface area (Å²) in [7, 11) is 0. The normalized spacial score (nSPS) is 15.8. The number of rotatable bonds is 5. The third-order valence-corrected chi connectivity index (χ3v) is 4.64. The summed E-state index contributed by atoms with van der Waals surface area (Å²) in [6.45, 7) is 0.108. The van der Waals surface area contributed by atoms with E-state index < -0.39 is 11.9 Å². The van der Waals surface area contributed by atoms with Crippen molar-refractivity contribution in [2.24, 2.45) is 0 Å². The largest absolute Gasteiger partial charge is 0.433 e. The molecule has 1 aromatic heterocycles. The Morgan fingerprint density at radius 1 is 1.15 bits per heavy atom. The summed E-state index contributed by atoms with van der Waals surface area (Å²) in [5.74, 6) is -0.110. The molecule has 0 radical (unpaired) electrons. The highest BCUT2D eigenvalue weighted by molar-refractivity contribution is 6.30. The predicted octanol–water partition coefficient (Wildman–Crippen LogP) is 5.31. The third kappa shape index (κ3) is 5.08. The number of benzene rings is 1. The van der Waals surface area contributed by atoms with Gasteiger partial charge in [0.05, 0.1) is 0 Å². The quantitative estimate of drug-likeness (QED) is 0.733. The van der Waals surface area contributed by atoms with Crippen LogP contribution in [0, 0.1) is 0 Å². The Labute approximate surface area is 155 Å². The first-order chi connectivity index (χ1) is 12.4. The van der Waals surface area contributed by atoms with Crippen LogP contribution in [0.2, 0.25) is 5.02 Å². The standard InChI is InChI=1S/C18H20ClF3N4/c19-13-5-4-8-15(9-13)25-17-24-11-12(16(26-17)18(20,21)22)10-23-14-6-2-1-3-7-14/h4-5,8-9,11,14,23H,1-3,6-7,10H2,(H,24,25,26). The summed E-state index contributed by atoms with van der Waals surface area (Å²) < 4.78 is 40.3. The molecular formula is C18H20ClF3N4. The Balaban J connectivity index is 1.76. The van der Waals surface area contributed by atoms with E-state index in [2.05, 4.69) is 20.6 Å². The maximum absolute atomic E-state index is 13.4. The van der Waals surface area contributed by atoms with Crippen LogP contribution in [-0.2, 0) is 12.7 Å². The van der Waals surface area contributed by atoms with Gasteiger partial charge in [-0.05, 0) is 31.0 Å². The number of aromatic nitrogens is 2. The van der Waals surface area contributed by atoms with Crippen molar-refractivity contribution in [2.75, 3.05) is 5.32 Å². The van der Waals surface area contributed by atoms with Gasteiger partial charge in [-0.2, -0.15) is 13.2 Å². The highest BCUT2D eigenvalue weighted by Gasteiger charge is 2.36. The molecule has 1 fully saturated rings. The van der Waals surface area contributed by atoms with Gasteiger partial charge in [-0.3, -0.25) is 0 Å². The van der Waals surface area contributed by atoms with Crippen LogP contribution in [0.5, 0.6) is 0 Å². The van der Waals surface area contributed by atoms with E-state index in [4.69, 9.17) is 11.6 Å². The number of alkyl halides is 3. The molecule has 1 aliphatic rings. The van der Waals surface area contributed by atoms with Crippen molar-refractivity contribution in [1.29, 1.82) is 0 Å². The van der Waals surface area contributed by atoms with E-state index in [1.54, 1.807) is 24.3 Å². The van der Waals surface area contributed by atoms with Gasteiger partial charge in [0, 0.05) is 35.1 Å². The SMILES string of the molecule is FC(F)(F)c1nc(Nc2cccc(Cl)c2)ncc1CNC1CCCCC1. The highest BCUT2D eigenvalue weighted by atomic mass is 35.5. The molecule has 1 heterocycles. The first-order valence-corrected chi connectivity index (χ1v) is 8.99. The van der Waals surface area contributed by atoms with E-state index in [1.165, 1.54) is 12.6 Å². The van der Waals surface area contributed by atoms with Gasteiger partial charge in [0.25, 0.3) is 0 Å². The Bertz CT molecular complexity index is 745. The second kappa shape index (κ2) is 8.22. The summed E-state index contributed by atoms with van der Waals surface area (Å²) in [5.41, 5.74) is -0.334. The molecule has 1 aromatic carbocycles. The molecular weight excluding hydrogens is 365 g/mol. The average molecular weight is 385 g/mol. The Morgan fingerprint density at radius 2 is 1.92 bits per heavy atom. The van der Waals surface area contributed by atoms with Gasteiger partial charge in [-0.25, -0.2) is 9.97 Å². The lowest BCUT2D eigenvalue weighted by Crippen LogP contribution is -2.31. The molecule has 2 N–H and O–H groups in total. The molecule has 8 heteroatoms. The summed E-state index contributed by atoms with van der Waals surface area (Å²) in [6, 6.07) is 6.90. The van der Waals surface area contributed by atoms with E-state index in [-0.39, 0.29) is 24.1 Å². The zero-order chi connectivity index (χ0) is 18.6. The molecule has 3 rings (SSSR count). The monoisotopic (exact) mass is 384 g/mol. The van der Waals surface area contributed by atoms with Crippen LogP contribution >= 0.6 is 11.6 Å². The van der Waals surface area contributed by atoms with Crippen LogP contribution in [-0.4, -0.2) is 16.0 Å². The number of halogens is 4. The van der Waals surface area contributed by atoms with Crippen molar-refractivity contribution in [3.05, 3.63) is 46.7 Å². The minimum atomic E-state index is -4.54. The molecule has 0 saturated heterocycles. The Hall–Kier alpha value is -1.86. The third-order valence-electron chi connectivity index (χ3n) is 4.40. The van der Waals surface area contributed by atoms with Gasteiger partial charge < -0.3 is 10.6 Å². The van der Waals surface area contributed by atoms with Crippen LogP contribution in [0.4, 0.5) is 24.8 Å². The molecule has 0 aliphatic heterocycles. The molecule has 2 aromatic rings. The Kier molecular flexibility index (Phi) is 5.98. The lowest BCUT2D eigenvalue weighted by Gasteiger charge is -2.23. The van der Waals surface area contributed by atoms with Crippen molar-refractivity contribution < 1.29 is 13.2 Å². The summed E-state index contributed by atoms with van der Waals surface area (Å²) >= 11 is 5.89. The van der Waals surface area contributed by atoms with Gasteiger partial charge in [-0.1, -0.05) is 36.9 Å². The lowest BCUT2D eigenvalue weighted by molar-refractivity contribution is -0.141. The van der Waals surface area contributed by atoms with E-state index >= 15 is 0 Å². The van der Waals surface area contributed by atoms with Gasteiger partial charge in [0.2, 0.25) is 5.95 Å². The van der Waals surface area contributed by atoms with Crippen molar-refractivity contribution in [1.82, 2.24) is 15.3 Å². The molecule has 0 unspecified atom stereocenters. The van der Waals surface area contributed by atoms with Gasteiger partial charge >= 0.3 is 6.18 Å². The number of hydrogen-bond acceptors (Lipinski definition) is 4. The van der Waals surface area contributed by atoms with E-state index in [1.807, 2.05) is 0 Å². The first-order valence-electron chi connectivity index (χ1n) is 8.61.